The van der Waals surface area contributed by atoms with Crippen LogP contribution in [0.5, 0.6) is 5.75 Å². The molecule has 104 valence electrons. The lowest BCUT2D eigenvalue weighted by atomic mass is 9.84. The zero-order valence-electron chi connectivity index (χ0n) is 11.6. The van der Waals surface area contributed by atoms with Gasteiger partial charge in [0.25, 0.3) is 0 Å². The van der Waals surface area contributed by atoms with Gasteiger partial charge in [-0.3, -0.25) is 9.69 Å². The molecule has 0 radical (unpaired) electrons. The lowest BCUT2D eigenvalue weighted by Crippen LogP contribution is -2.33. The molecule has 1 aliphatic heterocycles. The fraction of sp³-hybridized carbons (Fsp3) is 0.533. The molecule has 1 fully saturated rings. The molecule has 0 saturated carbocycles. The molecule has 1 aliphatic rings. The van der Waals surface area contributed by atoms with Gasteiger partial charge < -0.3 is 9.84 Å². The standard InChI is InChI=1S/C15H21NO3/c1-3-15(14(17)18)8-9-16(11-15)10-12-6-4-5-7-13(12)19-2/h4-7H,3,8-11H2,1-2H3,(H,17,18). The number of carboxylic acid groups (broad SMARTS) is 1. The van der Waals surface area contributed by atoms with Crippen LogP contribution in [0.4, 0.5) is 0 Å². The molecule has 0 bridgehead atoms. The number of benzene rings is 1. The first kappa shape index (κ1) is 13.9. The van der Waals surface area contributed by atoms with E-state index in [2.05, 4.69) is 4.90 Å². The topological polar surface area (TPSA) is 49.8 Å². The number of hydrogen-bond acceptors (Lipinski definition) is 3. The summed E-state index contributed by atoms with van der Waals surface area (Å²) in [6.45, 7) is 4.16. The Morgan fingerprint density at radius 3 is 2.79 bits per heavy atom. The summed E-state index contributed by atoms with van der Waals surface area (Å²) in [6.07, 6.45) is 1.42. The van der Waals surface area contributed by atoms with Crippen LogP contribution in [0.3, 0.4) is 0 Å². The largest absolute Gasteiger partial charge is 0.496 e. The van der Waals surface area contributed by atoms with Gasteiger partial charge in [0.05, 0.1) is 12.5 Å². The number of hydrogen-bond donors (Lipinski definition) is 1. The van der Waals surface area contributed by atoms with E-state index in [4.69, 9.17) is 4.74 Å². The molecular weight excluding hydrogens is 242 g/mol. The van der Waals surface area contributed by atoms with Crippen molar-refractivity contribution in [3.8, 4) is 5.75 Å². The van der Waals surface area contributed by atoms with Crippen LogP contribution in [0.25, 0.3) is 0 Å². The molecule has 0 aliphatic carbocycles. The predicted molar refractivity (Wildman–Crippen MR) is 73.2 cm³/mol. The summed E-state index contributed by atoms with van der Waals surface area (Å²) in [5.74, 6) is 0.198. The van der Waals surface area contributed by atoms with Gasteiger partial charge in [-0.2, -0.15) is 0 Å². The number of para-hydroxylation sites is 1. The molecule has 4 nitrogen and oxygen atoms in total. The highest BCUT2D eigenvalue weighted by Crippen LogP contribution is 2.35. The summed E-state index contributed by atoms with van der Waals surface area (Å²) >= 11 is 0. The van der Waals surface area contributed by atoms with Crippen LogP contribution in [0.15, 0.2) is 24.3 Å². The van der Waals surface area contributed by atoms with Crippen LogP contribution < -0.4 is 4.74 Å². The number of carbonyl (C=O) groups is 1. The highest BCUT2D eigenvalue weighted by molar-refractivity contribution is 5.75. The quantitative estimate of drug-likeness (QED) is 0.886. The van der Waals surface area contributed by atoms with Crippen molar-refractivity contribution in [3.05, 3.63) is 29.8 Å². The molecular formula is C15H21NO3. The molecule has 0 amide bonds. The summed E-state index contributed by atoms with van der Waals surface area (Å²) in [5, 5.41) is 9.40. The molecule has 19 heavy (non-hydrogen) atoms. The second kappa shape index (κ2) is 5.61. The first-order valence-electron chi connectivity index (χ1n) is 6.69. The van der Waals surface area contributed by atoms with E-state index in [1.807, 2.05) is 31.2 Å². The van der Waals surface area contributed by atoms with Crippen molar-refractivity contribution in [1.29, 1.82) is 0 Å². The van der Waals surface area contributed by atoms with E-state index < -0.39 is 11.4 Å². The molecule has 1 atom stereocenters. The molecule has 4 heteroatoms. The second-order valence-corrected chi connectivity index (χ2v) is 5.21. The minimum absolute atomic E-state index is 0.567. The number of aliphatic carboxylic acids is 1. The van der Waals surface area contributed by atoms with E-state index in [9.17, 15) is 9.90 Å². The Morgan fingerprint density at radius 2 is 2.21 bits per heavy atom. The lowest BCUT2D eigenvalue weighted by Gasteiger charge is -2.23. The van der Waals surface area contributed by atoms with Crippen LogP contribution in [-0.4, -0.2) is 36.2 Å². The van der Waals surface area contributed by atoms with Crippen molar-refractivity contribution in [2.45, 2.75) is 26.3 Å². The van der Waals surface area contributed by atoms with E-state index in [1.54, 1.807) is 7.11 Å². The zero-order valence-corrected chi connectivity index (χ0v) is 11.6. The molecule has 1 unspecified atom stereocenters. The highest BCUT2D eigenvalue weighted by Gasteiger charge is 2.43. The number of methoxy groups -OCH3 is 1. The van der Waals surface area contributed by atoms with Crippen molar-refractivity contribution in [3.63, 3.8) is 0 Å². The first-order valence-corrected chi connectivity index (χ1v) is 6.69. The van der Waals surface area contributed by atoms with Gasteiger partial charge in [0.15, 0.2) is 0 Å². The number of likely N-dealkylation sites (tertiary alicyclic amines) is 1. The van der Waals surface area contributed by atoms with Crippen LogP contribution in [0.2, 0.25) is 0 Å². The number of carboxylic acids is 1. The van der Waals surface area contributed by atoms with Gasteiger partial charge in [-0.1, -0.05) is 25.1 Å². The molecule has 0 spiro atoms. The van der Waals surface area contributed by atoms with Gasteiger partial charge in [-0.15, -0.1) is 0 Å². The molecule has 1 aromatic carbocycles. The lowest BCUT2D eigenvalue weighted by molar-refractivity contribution is -0.148. The van der Waals surface area contributed by atoms with Gasteiger partial charge >= 0.3 is 5.97 Å². The van der Waals surface area contributed by atoms with Crippen LogP contribution in [0.1, 0.15) is 25.3 Å². The van der Waals surface area contributed by atoms with Crippen LogP contribution in [0, 0.1) is 5.41 Å². The molecule has 0 aromatic heterocycles. The Bertz CT molecular complexity index is 460. The maximum absolute atomic E-state index is 11.4. The monoisotopic (exact) mass is 263 g/mol. The Hall–Kier alpha value is -1.55. The summed E-state index contributed by atoms with van der Waals surface area (Å²) in [5.41, 5.74) is 0.546. The minimum Gasteiger partial charge on any atom is -0.496 e. The van der Waals surface area contributed by atoms with Crippen molar-refractivity contribution in [2.75, 3.05) is 20.2 Å². The summed E-state index contributed by atoms with van der Waals surface area (Å²) in [4.78, 5) is 13.6. The Labute approximate surface area is 114 Å². The third-order valence-corrected chi connectivity index (χ3v) is 4.15. The van der Waals surface area contributed by atoms with Crippen LogP contribution >= 0.6 is 0 Å². The molecule has 1 heterocycles. The van der Waals surface area contributed by atoms with E-state index in [0.717, 1.165) is 30.8 Å². The number of nitrogens with zero attached hydrogens (tertiary/aromatic N) is 1. The number of ether oxygens (including phenoxy) is 1. The Kier molecular flexibility index (Phi) is 4.10. The SMILES string of the molecule is CCC1(C(=O)O)CCN(Cc2ccccc2OC)C1. The van der Waals surface area contributed by atoms with Crippen molar-refractivity contribution >= 4 is 5.97 Å². The van der Waals surface area contributed by atoms with Gasteiger partial charge in [0.2, 0.25) is 0 Å². The zero-order chi connectivity index (χ0) is 13.9. The van der Waals surface area contributed by atoms with Crippen molar-refractivity contribution in [2.24, 2.45) is 5.41 Å². The van der Waals surface area contributed by atoms with Crippen LogP contribution in [-0.2, 0) is 11.3 Å². The van der Waals surface area contributed by atoms with E-state index in [0.29, 0.717) is 13.0 Å². The average Bonchev–Trinajstić information content (AvgIpc) is 2.84. The summed E-state index contributed by atoms with van der Waals surface area (Å²) in [6, 6.07) is 7.90. The molecule has 2 rings (SSSR count). The molecule has 1 saturated heterocycles. The van der Waals surface area contributed by atoms with Gasteiger partial charge in [-0.05, 0) is 25.5 Å². The van der Waals surface area contributed by atoms with Crippen molar-refractivity contribution in [1.82, 2.24) is 4.90 Å². The normalized spacial score (nSPS) is 23.5. The molecule has 1 aromatic rings. The fourth-order valence-corrected chi connectivity index (χ4v) is 2.78. The Balaban J connectivity index is 2.08. The predicted octanol–water partition coefficient (Wildman–Crippen LogP) is 2.38. The second-order valence-electron chi connectivity index (χ2n) is 5.21. The van der Waals surface area contributed by atoms with E-state index in [1.165, 1.54) is 0 Å². The van der Waals surface area contributed by atoms with Gasteiger partial charge in [-0.25, -0.2) is 0 Å². The average molecular weight is 263 g/mol. The third kappa shape index (κ3) is 2.73. The van der Waals surface area contributed by atoms with E-state index in [-0.39, 0.29) is 0 Å². The highest BCUT2D eigenvalue weighted by atomic mass is 16.5. The first-order chi connectivity index (χ1) is 9.11. The van der Waals surface area contributed by atoms with Gasteiger partial charge in [0.1, 0.15) is 5.75 Å². The minimum atomic E-state index is -0.669. The summed E-state index contributed by atoms with van der Waals surface area (Å²) < 4.78 is 5.34. The maximum Gasteiger partial charge on any atom is 0.310 e. The van der Waals surface area contributed by atoms with Crippen molar-refractivity contribution < 1.29 is 14.6 Å². The summed E-state index contributed by atoms with van der Waals surface area (Å²) in [7, 11) is 1.66. The third-order valence-electron chi connectivity index (χ3n) is 4.15. The molecule has 1 N–H and O–H groups in total. The Morgan fingerprint density at radius 1 is 1.47 bits per heavy atom. The fourth-order valence-electron chi connectivity index (χ4n) is 2.78. The van der Waals surface area contributed by atoms with E-state index >= 15 is 0 Å². The maximum atomic E-state index is 11.4. The van der Waals surface area contributed by atoms with Gasteiger partial charge in [0, 0.05) is 18.7 Å². The smallest absolute Gasteiger partial charge is 0.310 e. The number of rotatable bonds is 5.